The molecule has 0 unspecified atom stereocenters. The molecule has 0 radical (unpaired) electrons. The van der Waals surface area contributed by atoms with Gasteiger partial charge in [0.15, 0.2) is 5.58 Å². The number of benzene rings is 2. The van der Waals surface area contributed by atoms with E-state index in [2.05, 4.69) is 10.3 Å². The van der Waals surface area contributed by atoms with E-state index in [1.807, 2.05) is 66.4 Å². The Hall–Kier alpha value is -3.87. The van der Waals surface area contributed by atoms with Crippen LogP contribution in [-0.4, -0.2) is 40.8 Å². The van der Waals surface area contributed by atoms with Gasteiger partial charge in [0.1, 0.15) is 11.3 Å². The Bertz CT molecular complexity index is 1290. The maximum atomic E-state index is 13.1. The molecule has 7 nitrogen and oxygen atoms in total. The van der Waals surface area contributed by atoms with Crippen LogP contribution in [-0.2, 0) is 11.2 Å². The number of nitrogens with one attached hydrogen (secondary N) is 1. The van der Waals surface area contributed by atoms with Crippen LogP contribution in [0.2, 0.25) is 0 Å². The summed E-state index contributed by atoms with van der Waals surface area (Å²) in [5.74, 6) is 1.73. The summed E-state index contributed by atoms with van der Waals surface area (Å²) in [7, 11) is 0. The molecule has 2 aromatic heterocycles. The van der Waals surface area contributed by atoms with E-state index >= 15 is 0 Å². The Kier molecular flexibility index (Phi) is 6.66. The molecule has 1 fully saturated rings. The highest BCUT2D eigenvalue weighted by Crippen LogP contribution is 2.26. The number of amides is 2. The van der Waals surface area contributed by atoms with Gasteiger partial charge in [0.05, 0.1) is 6.26 Å². The van der Waals surface area contributed by atoms with Gasteiger partial charge in [-0.1, -0.05) is 18.2 Å². The molecule has 0 bridgehead atoms. The van der Waals surface area contributed by atoms with Gasteiger partial charge in [-0.25, -0.2) is 4.98 Å². The van der Waals surface area contributed by atoms with E-state index in [0.29, 0.717) is 43.0 Å². The summed E-state index contributed by atoms with van der Waals surface area (Å²) < 4.78 is 11.3. The molecule has 1 aliphatic heterocycles. The zero-order valence-corrected chi connectivity index (χ0v) is 19.8. The van der Waals surface area contributed by atoms with Crippen molar-refractivity contribution in [2.75, 3.05) is 13.1 Å². The molecule has 0 spiro atoms. The number of aromatic nitrogens is 1. The first-order chi connectivity index (χ1) is 17.0. The van der Waals surface area contributed by atoms with E-state index in [4.69, 9.17) is 8.83 Å². The molecule has 1 aliphatic rings. The molecule has 2 amide bonds. The second-order valence-corrected chi connectivity index (χ2v) is 9.26. The van der Waals surface area contributed by atoms with Gasteiger partial charge in [-0.2, -0.15) is 0 Å². The van der Waals surface area contributed by atoms with Crippen LogP contribution in [0.1, 0.15) is 42.3 Å². The predicted molar refractivity (Wildman–Crippen MR) is 133 cm³/mol. The van der Waals surface area contributed by atoms with Crippen LogP contribution in [0.4, 0.5) is 0 Å². The van der Waals surface area contributed by atoms with Crippen LogP contribution in [0.3, 0.4) is 0 Å². The molecular formula is C28H29N3O4. The van der Waals surface area contributed by atoms with Crippen LogP contribution >= 0.6 is 0 Å². The Morgan fingerprint density at radius 1 is 1.09 bits per heavy atom. The summed E-state index contributed by atoms with van der Waals surface area (Å²) in [6, 6.07) is 18.9. The fourth-order valence-corrected chi connectivity index (χ4v) is 4.66. The molecule has 4 aromatic rings. The van der Waals surface area contributed by atoms with E-state index < -0.39 is 0 Å². The smallest absolute Gasteiger partial charge is 0.253 e. The fourth-order valence-electron chi connectivity index (χ4n) is 4.66. The SMILES string of the molecule is C[C@H](Cc1ccco1)NC(=O)CC1CCN(C(=O)c2ccc3nc(-c4ccccc4)oc3c2)CC1. The third-order valence-corrected chi connectivity index (χ3v) is 6.53. The zero-order valence-electron chi connectivity index (χ0n) is 19.8. The average Bonchev–Trinajstić information content (AvgIpc) is 3.54. The molecule has 0 aliphatic carbocycles. The maximum Gasteiger partial charge on any atom is 0.253 e. The van der Waals surface area contributed by atoms with E-state index in [0.717, 1.165) is 29.7 Å². The van der Waals surface area contributed by atoms with Gasteiger partial charge in [0, 0.05) is 43.1 Å². The van der Waals surface area contributed by atoms with Gasteiger partial charge in [0.2, 0.25) is 11.8 Å². The molecule has 1 atom stereocenters. The van der Waals surface area contributed by atoms with Crippen molar-refractivity contribution >= 4 is 22.9 Å². The highest BCUT2D eigenvalue weighted by molar-refractivity contribution is 5.97. The van der Waals surface area contributed by atoms with Gasteiger partial charge in [-0.05, 0) is 68.1 Å². The minimum Gasteiger partial charge on any atom is -0.469 e. The monoisotopic (exact) mass is 471 g/mol. The van der Waals surface area contributed by atoms with Crippen molar-refractivity contribution in [3.63, 3.8) is 0 Å². The Morgan fingerprint density at radius 2 is 1.89 bits per heavy atom. The molecule has 2 aromatic carbocycles. The number of piperidine rings is 1. The van der Waals surface area contributed by atoms with E-state index in [1.54, 1.807) is 12.3 Å². The number of oxazole rings is 1. The lowest BCUT2D eigenvalue weighted by Crippen LogP contribution is -2.40. The molecular weight excluding hydrogens is 442 g/mol. The summed E-state index contributed by atoms with van der Waals surface area (Å²) >= 11 is 0. The quantitative estimate of drug-likeness (QED) is 0.406. The predicted octanol–water partition coefficient (Wildman–Crippen LogP) is 5.08. The van der Waals surface area contributed by atoms with Crippen LogP contribution < -0.4 is 5.32 Å². The van der Waals surface area contributed by atoms with Crippen molar-refractivity contribution in [1.29, 1.82) is 0 Å². The first-order valence-corrected chi connectivity index (χ1v) is 12.1. The van der Waals surface area contributed by atoms with Crippen LogP contribution in [0, 0.1) is 5.92 Å². The fraction of sp³-hybridized carbons (Fsp3) is 0.321. The standard InChI is InChI=1S/C28H29N3O4/c1-19(16-23-8-5-15-34-23)29-26(32)17-20-11-13-31(14-12-20)28(33)22-9-10-24-25(18-22)35-27(30-24)21-6-3-2-4-7-21/h2-10,15,18-20H,11-14,16-17H2,1H3,(H,29,32)/t19-/m1/s1. The molecule has 180 valence electrons. The minimum atomic E-state index is -0.0143. The van der Waals surface area contributed by atoms with Crippen molar-refractivity contribution in [3.8, 4) is 11.5 Å². The molecule has 0 saturated carbocycles. The van der Waals surface area contributed by atoms with Crippen LogP contribution in [0.5, 0.6) is 0 Å². The van der Waals surface area contributed by atoms with Gasteiger partial charge in [-0.15, -0.1) is 0 Å². The third kappa shape index (κ3) is 5.45. The van der Waals surface area contributed by atoms with Crippen LogP contribution in [0.15, 0.2) is 75.8 Å². The van der Waals surface area contributed by atoms with E-state index in [9.17, 15) is 9.59 Å². The minimum absolute atomic E-state index is 0.0143. The van der Waals surface area contributed by atoms with Gasteiger partial charge >= 0.3 is 0 Å². The normalized spacial score (nSPS) is 15.3. The molecule has 1 N–H and O–H groups in total. The lowest BCUT2D eigenvalue weighted by atomic mass is 9.92. The second kappa shape index (κ2) is 10.2. The summed E-state index contributed by atoms with van der Waals surface area (Å²) in [6.07, 6.45) is 4.43. The third-order valence-electron chi connectivity index (χ3n) is 6.53. The lowest BCUT2D eigenvalue weighted by Gasteiger charge is -2.32. The number of carbonyl (C=O) groups excluding carboxylic acids is 2. The molecule has 5 rings (SSSR count). The van der Waals surface area contributed by atoms with Gasteiger partial charge in [-0.3, -0.25) is 9.59 Å². The number of fused-ring (bicyclic) bond motifs is 1. The number of nitrogens with zero attached hydrogens (tertiary/aromatic N) is 2. The summed E-state index contributed by atoms with van der Waals surface area (Å²) in [5.41, 5.74) is 2.82. The maximum absolute atomic E-state index is 13.1. The first-order valence-electron chi connectivity index (χ1n) is 12.1. The highest BCUT2D eigenvalue weighted by atomic mass is 16.3. The Balaban J connectivity index is 1.14. The highest BCUT2D eigenvalue weighted by Gasteiger charge is 2.26. The van der Waals surface area contributed by atoms with Crippen molar-refractivity contribution < 1.29 is 18.4 Å². The Labute approximate surface area is 204 Å². The van der Waals surface area contributed by atoms with Gasteiger partial charge < -0.3 is 19.1 Å². The van der Waals surface area contributed by atoms with Crippen molar-refractivity contribution in [2.45, 2.75) is 38.6 Å². The number of likely N-dealkylation sites (tertiary alicyclic amines) is 1. The zero-order chi connectivity index (χ0) is 24.2. The number of carbonyl (C=O) groups is 2. The van der Waals surface area contributed by atoms with Gasteiger partial charge in [0.25, 0.3) is 5.91 Å². The molecule has 3 heterocycles. The van der Waals surface area contributed by atoms with Crippen molar-refractivity contribution in [3.05, 3.63) is 78.3 Å². The molecule has 7 heteroatoms. The summed E-state index contributed by atoms with van der Waals surface area (Å²) in [6.45, 7) is 3.26. The topological polar surface area (TPSA) is 88.6 Å². The van der Waals surface area contributed by atoms with E-state index in [-0.39, 0.29) is 23.8 Å². The molecule has 1 saturated heterocycles. The summed E-state index contributed by atoms with van der Waals surface area (Å²) in [5, 5.41) is 3.06. The Morgan fingerprint density at radius 3 is 2.63 bits per heavy atom. The van der Waals surface area contributed by atoms with Crippen LogP contribution in [0.25, 0.3) is 22.6 Å². The first kappa shape index (κ1) is 22.9. The second-order valence-electron chi connectivity index (χ2n) is 9.26. The average molecular weight is 472 g/mol. The number of hydrogen-bond acceptors (Lipinski definition) is 5. The molecule has 35 heavy (non-hydrogen) atoms. The number of hydrogen-bond donors (Lipinski definition) is 1. The number of rotatable bonds is 7. The summed E-state index contributed by atoms with van der Waals surface area (Å²) in [4.78, 5) is 32.0. The van der Waals surface area contributed by atoms with Crippen molar-refractivity contribution in [2.24, 2.45) is 5.92 Å². The lowest BCUT2D eigenvalue weighted by molar-refractivity contribution is -0.122. The largest absolute Gasteiger partial charge is 0.469 e. The number of furan rings is 1. The van der Waals surface area contributed by atoms with Crippen molar-refractivity contribution in [1.82, 2.24) is 15.2 Å². The van der Waals surface area contributed by atoms with E-state index in [1.165, 1.54) is 0 Å².